The molecule has 0 aliphatic rings. The molecule has 0 nitrogen and oxygen atoms in total. The second-order valence-corrected chi connectivity index (χ2v) is 3.90. The molecule has 0 amide bonds. The lowest BCUT2D eigenvalue weighted by Gasteiger charge is -2.06. The molecule has 0 bridgehead atoms. The van der Waals surface area contributed by atoms with Gasteiger partial charge in [0.1, 0.15) is 5.82 Å². The molecular weight excluding hydrogens is 211 g/mol. The Hall–Kier alpha value is -1.34. The minimum Gasteiger partial charge on any atom is -0.207 e. The smallest absolute Gasteiger partial charge is 0.123 e. The van der Waals surface area contributed by atoms with E-state index >= 15 is 0 Å². The van der Waals surface area contributed by atoms with Crippen LogP contribution >= 0.6 is 11.6 Å². The summed E-state index contributed by atoms with van der Waals surface area (Å²) in [5.41, 5.74) is 3.18. The van der Waals surface area contributed by atoms with Gasteiger partial charge in [-0.25, -0.2) is 4.39 Å². The number of aryl methyl sites for hydroxylation is 1. The Labute approximate surface area is 93.3 Å². The van der Waals surface area contributed by atoms with Gasteiger partial charge in [0.2, 0.25) is 0 Å². The molecule has 0 saturated carbocycles. The average Bonchev–Trinajstić information content (AvgIpc) is 2.20. The van der Waals surface area contributed by atoms with Crippen molar-refractivity contribution in [1.29, 1.82) is 0 Å². The molecule has 76 valence electrons. The molecule has 0 aromatic heterocycles. The van der Waals surface area contributed by atoms with Crippen LogP contribution in [0.5, 0.6) is 0 Å². The molecule has 0 heterocycles. The summed E-state index contributed by atoms with van der Waals surface area (Å²) in [5, 5.41) is 0.721. The van der Waals surface area contributed by atoms with Crippen molar-refractivity contribution in [2.45, 2.75) is 6.92 Å². The highest BCUT2D eigenvalue weighted by Crippen LogP contribution is 2.25. The molecule has 2 rings (SSSR count). The van der Waals surface area contributed by atoms with E-state index in [1.165, 1.54) is 12.1 Å². The maximum atomic E-state index is 12.7. The molecule has 0 spiro atoms. The maximum Gasteiger partial charge on any atom is 0.123 e. The molecule has 0 saturated heterocycles. The zero-order chi connectivity index (χ0) is 10.8. The van der Waals surface area contributed by atoms with Crippen molar-refractivity contribution in [3.8, 4) is 11.1 Å². The van der Waals surface area contributed by atoms with E-state index in [1.807, 2.05) is 25.1 Å². The Kier molecular flexibility index (Phi) is 2.74. The average molecular weight is 221 g/mol. The molecule has 2 heteroatoms. The van der Waals surface area contributed by atoms with E-state index in [4.69, 9.17) is 11.6 Å². The summed E-state index contributed by atoms with van der Waals surface area (Å²) < 4.78 is 12.7. The van der Waals surface area contributed by atoms with Crippen LogP contribution in [-0.2, 0) is 0 Å². The molecule has 0 atom stereocenters. The summed E-state index contributed by atoms with van der Waals surface area (Å²) >= 11 is 5.87. The molecule has 15 heavy (non-hydrogen) atoms. The fraction of sp³-hybridized carbons (Fsp3) is 0.0769. The van der Waals surface area contributed by atoms with Crippen LogP contribution in [0, 0.1) is 12.7 Å². The monoisotopic (exact) mass is 220 g/mol. The highest BCUT2D eigenvalue weighted by Gasteiger charge is 2.02. The van der Waals surface area contributed by atoms with Crippen LogP contribution in [0.15, 0.2) is 42.5 Å². The van der Waals surface area contributed by atoms with Crippen molar-refractivity contribution in [2.24, 2.45) is 0 Å². The van der Waals surface area contributed by atoms with Gasteiger partial charge in [-0.3, -0.25) is 0 Å². The SMILES string of the molecule is Cc1cc(Cl)ccc1-c1ccc(F)cc1. The van der Waals surface area contributed by atoms with Crippen LogP contribution in [-0.4, -0.2) is 0 Å². The normalized spacial score (nSPS) is 10.3. The van der Waals surface area contributed by atoms with Crippen molar-refractivity contribution in [3.63, 3.8) is 0 Å². The molecule has 0 aliphatic carbocycles. The highest BCUT2D eigenvalue weighted by molar-refractivity contribution is 6.30. The van der Waals surface area contributed by atoms with Gasteiger partial charge in [-0.05, 0) is 47.9 Å². The van der Waals surface area contributed by atoms with E-state index in [0.717, 1.165) is 21.7 Å². The zero-order valence-corrected chi connectivity index (χ0v) is 9.05. The standard InChI is InChI=1S/C13H10ClF/c1-9-8-11(14)4-7-13(9)10-2-5-12(15)6-3-10/h2-8H,1H3. The fourth-order valence-corrected chi connectivity index (χ4v) is 1.81. The lowest BCUT2D eigenvalue weighted by Crippen LogP contribution is -1.83. The Morgan fingerprint density at radius 3 is 2.27 bits per heavy atom. The number of halogens is 2. The summed E-state index contributed by atoms with van der Waals surface area (Å²) in [6, 6.07) is 12.2. The first-order valence-corrected chi connectivity index (χ1v) is 5.07. The van der Waals surface area contributed by atoms with Gasteiger partial charge in [0, 0.05) is 5.02 Å². The van der Waals surface area contributed by atoms with Gasteiger partial charge in [-0.15, -0.1) is 0 Å². The van der Waals surface area contributed by atoms with Crippen molar-refractivity contribution in [1.82, 2.24) is 0 Å². The largest absolute Gasteiger partial charge is 0.207 e. The van der Waals surface area contributed by atoms with Crippen molar-refractivity contribution in [3.05, 3.63) is 58.9 Å². The molecule has 0 aliphatic heterocycles. The number of hydrogen-bond acceptors (Lipinski definition) is 0. The summed E-state index contributed by atoms with van der Waals surface area (Å²) in [4.78, 5) is 0. The topological polar surface area (TPSA) is 0 Å². The second kappa shape index (κ2) is 4.03. The predicted octanol–water partition coefficient (Wildman–Crippen LogP) is 4.45. The number of rotatable bonds is 1. The zero-order valence-electron chi connectivity index (χ0n) is 8.30. The second-order valence-electron chi connectivity index (χ2n) is 3.47. The molecular formula is C13H10ClF. The first kappa shape index (κ1) is 10.2. The van der Waals surface area contributed by atoms with Gasteiger partial charge < -0.3 is 0 Å². The quantitative estimate of drug-likeness (QED) is 0.666. The number of benzene rings is 2. The van der Waals surface area contributed by atoms with Gasteiger partial charge >= 0.3 is 0 Å². The van der Waals surface area contributed by atoms with E-state index in [-0.39, 0.29) is 5.82 Å². The van der Waals surface area contributed by atoms with Gasteiger partial charge in [-0.1, -0.05) is 29.8 Å². The molecule has 0 fully saturated rings. The summed E-state index contributed by atoms with van der Waals surface area (Å²) in [5.74, 6) is -0.217. The van der Waals surface area contributed by atoms with Crippen molar-refractivity contribution >= 4 is 11.6 Å². The van der Waals surface area contributed by atoms with Crippen LogP contribution in [0.2, 0.25) is 5.02 Å². The minimum absolute atomic E-state index is 0.217. The maximum absolute atomic E-state index is 12.7. The first-order valence-electron chi connectivity index (χ1n) is 4.69. The van der Waals surface area contributed by atoms with Gasteiger partial charge in [0.25, 0.3) is 0 Å². The van der Waals surface area contributed by atoms with Crippen LogP contribution in [0.25, 0.3) is 11.1 Å². The summed E-state index contributed by atoms with van der Waals surface area (Å²) in [6.07, 6.45) is 0. The third kappa shape index (κ3) is 2.18. The molecule has 2 aromatic carbocycles. The lowest BCUT2D eigenvalue weighted by atomic mass is 10.0. The highest BCUT2D eigenvalue weighted by atomic mass is 35.5. The van der Waals surface area contributed by atoms with Crippen LogP contribution in [0.3, 0.4) is 0 Å². The van der Waals surface area contributed by atoms with Crippen LogP contribution < -0.4 is 0 Å². The molecule has 0 unspecified atom stereocenters. The molecule has 0 N–H and O–H groups in total. The van der Waals surface area contributed by atoms with Crippen molar-refractivity contribution in [2.75, 3.05) is 0 Å². The Morgan fingerprint density at radius 2 is 1.67 bits per heavy atom. The van der Waals surface area contributed by atoms with Gasteiger partial charge in [0.15, 0.2) is 0 Å². The van der Waals surface area contributed by atoms with Gasteiger partial charge in [-0.2, -0.15) is 0 Å². The fourth-order valence-electron chi connectivity index (χ4n) is 1.58. The number of hydrogen-bond donors (Lipinski definition) is 0. The predicted molar refractivity (Wildman–Crippen MR) is 61.6 cm³/mol. The van der Waals surface area contributed by atoms with Gasteiger partial charge in [0.05, 0.1) is 0 Å². The van der Waals surface area contributed by atoms with E-state index in [1.54, 1.807) is 12.1 Å². The Bertz CT molecular complexity index is 474. The Balaban J connectivity index is 2.49. The van der Waals surface area contributed by atoms with Crippen LogP contribution in [0.4, 0.5) is 4.39 Å². The molecule has 2 aromatic rings. The van der Waals surface area contributed by atoms with Crippen LogP contribution in [0.1, 0.15) is 5.56 Å². The van der Waals surface area contributed by atoms with Crippen molar-refractivity contribution < 1.29 is 4.39 Å². The van der Waals surface area contributed by atoms with E-state index in [9.17, 15) is 4.39 Å². The summed E-state index contributed by atoms with van der Waals surface area (Å²) in [7, 11) is 0. The first-order chi connectivity index (χ1) is 7.16. The summed E-state index contributed by atoms with van der Waals surface area (Å²) in [6.45, 7) is 1.99. The molecule has 0 radical (unpaired) electrons. The minimum atomic E-state index is -0.217. The third-order valence-electron chi connectivity index (χ3n) is 2.34. The lowest BCUT2D eigenvalue weighted by molar-refractivity contribution is 0.628. The van der Waals surface area contributed by atoms with E-state index < -0.39 is 0 Å². The third-order valence-corrected chi connectivity index (χ3v) is 2.58. The van der Waals surface area contributed by atoms with E-state index in [0.29, 0.717) is 0 Å². The van der Waals surface area contributed by atoms with E-state index in [2.05, 4.69) is 0 Å². The Morgan fingerprint density at radius 1 is 1.00 bits per heavy atom.